The molecule has 0 spiro atoms. The minimum Gasteiger partial charge on any atom is -0.411 e. The van der Waals surface area contributed by atoms with Crippen LogP contribution in [-0.2, 0) is 6.54 Å². The van der Waals surface area contributed by atoms with Gasteiger partial charge in [-0.3, -0.25) is 9.98 Å². The number of hydrogen-bond donors (Lipinski definition) is 1. The average Bonchev–Trinajstić information content (AvgIpc) is 2.26. The molecule has 1 rings (SSSR count). The van der Waals surface area contributed by atoms with Crippen molar-refractivity contribution in [3.63, 3.8) is 0 Å². The molecule has 0 saturated heterocycles. The van der Waals surface area contributed by atoms with E-state index in [9.17, 15) is 0 Å². The molecule has 0 aromatic carbocycles. The van der Waals surface area contributed by atoms with Gasteiger partial charge in [0.25, 0.3) is 0 Å². The number of aromatic nitrogens is 1. The lowest BCUT2D eigenvalue weighted by atomic mass is 10.3. The monoisotopic (exact) mass is 191 g/mol. The largest absolute Gasteiger partial charge is 0.411 e. The zero-order chi connectivity index (χ0) is 10.4. The minimum absolute atomic E-state index is 0.513. The molecular weight excluding hydrogens is 178 g/mol. The van der Waals surface area contributed by atoms with E-state index in [1.54, 1.807) is 20.0 Å². The number of rotatable bonds is 3. The summed E-state index contributed by atoms with van der Waals surface area (Å²) in [6.07, 6.45) is 1.73. The highest BCUT2D eigenvalue weighted by molar-refractivity contribution is 6.40. The van der Waals surface area contributed by atoms with Crippen molar-refractivity contribution < 1.29 is 5.21 Å². The summed E-state index contributed by atoms with van der Waals surface area (Å²) in [5.74, 6) is 0. The second kappa shape index (κ2) is 5.11. The van der Waals surface area contributed by atoms with Crippen molar-refractivity contribution in [2.75, 3.05) is 0 Å². The van der Waals surface area contributed by atoms with Crippen molar-refractivity contribution in [1.82, 2.24) is 4.98 Å². The number of oxime groups is 1. The zero-order valence-electron chi connectivity index (χ0n) is 8.31. The molecule has 4 heteroatoms. The molecule has 14 heavy (non-hydrogen) atoms. The van der Waals surface area contributed by atoms with E-state index in [4.69, 9.17) is 5.21 Å². The Labute approximate surface area is 83.0 Å². The average molecular weight is 191 g/mol. The van der Waals surface area contributed by atoms with Gasteiger partial charge in [-0.25, -0.2) is 0 Å². The Kier molecular flexibility index (Phi) is 3.79. The summed E-state index contributed by atoms with van der Waals surface area (Å²) < 4.78 is 0. The van der Waals surface area contributed by atoms with Gasteiger partial charge in [-0.2, -0.15) is 0 Å². The van der Waals surface area contributed by atoms with E-state index in [0.717, 1.165) is 11.4 Å². The van der Waals surface area contributed by atoms with Gasteiger partial charge in [0.1, 0.15) is 0 Å². The van der Waals surface area contributed by atoms with Gasteiger partial charge in [0.05, 0.1) is 23.7 Å². The number of pyridine rings is 1. The summed E-state index contributed by atoms with van der Waals surface area (Å²) in [6.45, 7) is 4.02. The third kappa shape index (κ3) is 2.97. The van der Waals surface area contributed by atoms with Gasteiger partial charge in [-0.1, -0.05) is 11.2 Å². The molecular formula is C10H13N3O. The molecule has 0 bridgehead atoms. The Hall–Kier alpha value is -1.71. The second-order valence-electron chi connectivity index (χ2n) is 2.91. The Bertz CT molecular complexity index is 344. The molecule has 1 aromatic heterocycles. The van der Waals surface area contributed by atoms with E-state index in [1.807, 2.05) is 18.2 Å². The summed E-state index contributed by atoms with van der Waals surface area (Å²) in [5.41, 5.74) is 2.15. The van der Waals surface area contributed by atoms with E-state index < -0.39 is 0 Å². The van der Waals surface area contributed by atoms with E-state index in [2.05, 4.69) is 15.1 Å². The number of aliphatic imine (C=N–C) groups is 1. The summed E-state index contributed by atoms with van der Waals surface area (Å²) in [6, 6.07) is 5.68. The SMILES string of the molecule is CC(=NCc1ccccn1)/C(C)=N/O. The standard InChI is InChI=1S/C10H13N3O/c1-8(9(2)13-14)12-7-10-5-3-4-6-11-10/h3-6,14H,7H2,1-2H3/b12-8?,13-9+. The van der Waals surface area contributed by atoms with Crippen LogP contribution in [0.15, 0.2) is 34.5 Å². The van der Waals surface area contributed by atoms with Crippen molar-refractivity contribution in [2.24, 2.45) is 10.1 Å². The fourth-order valence-corrected chi connectivity index (χ4v) is 0.878. The van der Waals surface area contributed by atoms with Gasteiger partial charge < -0.3 is 5.21 Å². The Morgan fingerprint density at radius 3 is 2.71 bits per heavy atom. The van der Waals surface area contributed by atoms with Gasteiger partial charge in [-0.15, -0.1) is 0 Å². The molecule has 1 heterocycles. The topological polar surface area (TPSA) is 57.8 Å². The van der Waals surface area contributed by atoms with Crippen LogP contribution < -0.4 is 0 Å². The highest BCUT2D eigenvalue weighted by atomic mass is 16.4. The fourth-order valence-electron chi connectivity index (χ4n) is 0.878. The molecule has 4 nitrogen and oxygen atoms in total. The Balaban J connectivity index is 2.64. The summed E-state index contributed by atoms with van der Waals surface area (Å²) in [7, 11) is 0. The third-order valence-electron chi connectivity index (χ3n) is 1.88. The van der Waals surface area contributed by atoms with Crippen molar-refractivity contribution >= 4 is 11.4 Å². The lowest BCUT2D eigenvalue weighted by Crippen LogP contribution is -2.06. The molecule has 0 radical (unpaired) electrons. The van der Waals surface area contributed by atoms with Crippen LogP contribution in [0, 0.1) is 0 Å². The first-order chi connectivity index (χ1) is 6.74. The molecule has 0 unspecified atom stereocenters. The van der Waals surface area contributed by atoms with E-state index in [1.165, 1.54) is 0 Å². The smallest absolute Gasteiger partial charge is 0.0971 e. The van der Waals surface area contributed by atoms with E-state index in [-0.39, 0.29) is 0 Å². The molecule has 74 valence electrons. The maximum atomic E-state index is 8.49. The summed E-state index contributed by atoms with van der Waals surface area (Å²) in [4.78, 5) is 8.35. The molecule has 0 atom stereocenters. The van der Waals surface area contributed by atoms with Crippen LogP contribution in [0.4, 0.5) is 0 Å². The highest BCUT2D eigenvalue weighted by Gasteiger charge is 1.96. The quantitative estimate of drug-likeness (QED) is 0.450. The number of hydrogen-bond acceptors (Lipinski definition) is 4. The van der Waals surface area contributed by atoms with Gasteiger partial charge in [0, 0.05) is 6.20 Å². The molecule has 0 saturated carbocycles. The van der Waals surface area contributed by atoms with Crippen molar-refractivity contribution in [2.45, 2.75) is 20.4 Å². The molecule has 0 fully saturated rings. The first kappa shape index (κ1) is 10.4. The molecule has 0 amide bonds. The van der Waals surface area contributed by atoms with E-state index in [0.29, 0.717) is 12.3 Å². The van der Waals surface area contributed by atoms with Crippen molar-refractivity contribution in [1.29, 1.82) is 0 Å². The lowest BCUT2D eigenvalue weighted by molar-refractivity contribution is 0.320. The van der Waals surface area contributed by atoms with Crippen LogP contribution in [-0.4, -0.2) is 21.6 Å². The predicted molar refractivity (Wildman–Crippen MR) is 55.9 cm³/mol. The molecule has 1 aromatic rings. The van der Waals surface area contributed by atoms with Crippen molar-refractivity contribution in [3.05, 3.63) is 30.1 Å². The van der Waals surface area contributed by atoms with Crippen LogP contribution in [0.5, 0.6) is 0 Å². The normalized spacial score (nSPS) is 13.0. The predicted octanol–water partition coefficient (Wildman–Crippen LogP) is 1.89. The van der Waals surface area contributed by atoms with Gasteiger partial charge in [0.2, 0.25) is 0 Å². The molecule has 1 N–H and O–H groups in total. The molecule has 0 aliphatic carbocycles. The highest BCUT2D eigenvalue weighted by Crippen LogP contribution is 1.96. The van der Waals surface area contributed by atoms with Crippen LogP contribution in [0.2, 0.25) is 0 Å². The number of nitrogens with zero attached hydrogens (tertiary/aromatic N) is 3. The Morgan fingerprint density at radius 2 is 2.14 bits per heavy atom. The van der Waals surface area contributed by atoms with Crippen LogP contribution >= 0.6 is 0 Å². The van der Waals surface area contributed by atoms with Crippen molar-refractivity contribution in [3.8, 4) is 0 Å². The first-order valence-corrected chi connectivity index (χ1v) is 4.34. The Morgan fingerprint density at radius 1 is 1.36 bits per heavy atom. The molecule has 0 aliphatic heterocycles. The van der Waals surface area contributed by atoms with Gasteiger partial charge >= 0.3 is 0 Å². The summed E-state index contributed by atoms with van der Waals surface area (Å²) in [5, 5.41) is 11.6. The first-order valence-electron chi connectivity index (χ1n) is 4.34. The molecule has 0 aliphatic rings. The summed E-state index contributed by atoms with van der Waals surface area (Å²) >= 11 is 0. The third-order valence-corrected chi connectivity index (χ3v) is 1.88. The lowest BCUT2D eigenvalue weighted by Gasteiger charge is -1.98. The fraction of sp³-hybridized carbons (Fsp3) is 0.300. The van der Waals surface area contributed by atoms with Crippen LogP contribution in [0.3, 0.4) is 0 Å². The van der Waals surface area contributed by atoms with Crippen LogP contribution in [0.1, 0.15) is 19.5 Å². The van der Waals surface area contributed by atoms with Crippen LogP contribution in [0.25, 0.3) is 0 Å². The second-order valence-corrected chi connectivity index (χ2v) is 2.91. The van der Waals surface area contributed by atoms with E-state index >= 15 is 0 Å². The van der Waals surface area contributed by atoms with Gasteiger partial charge in [0.15, 0.2) is 0 Å². The minimum atomic E-state index is 0.513. The zero-order valence-corrected chi connectivity index (χ0v) is 8.31. The van der Waals surface area contributed by atoms with Gasteiger partial charge in [-0.05, 0) is 26.0 Å². The maximum Gasteiger partial charge on any atom is 0.0971 e. The maximum absolute atomic E-state index is 8.49.